The highest BCUT2D eigenvalue weighted by Gasteiger charge is 2.28. The Morgan fingerprint density at radius 2 is 1.88 bits per heavy atom. The highest BCUT2D eigenvalue weighted by Crippen LogP contribution is 2.18. The van der Waals surface area contributed by atoms with Crippen molar-refractivity contribution in [2.24, 2.45) is 5.92 Å². The van der Waals surface area contributed by atoms with Gasteiger partial charge in [-0.15, -0.1) is 0 Å². The van der Waals surface area contributed by atoms with Crippen molar-refractivity contribution in [3.05, 3.63) is 0 Å². The summed E-state index contributed by atoms with van der Waals surface area (Å²) in [5, 5.41) is 3.52. The van der Waals surface area contributed by atoms with Crippen LogP contribution in [0.2, 0.25) is 0 Å². The van der Waals surface area contributed by atoms with Gasteiger partial charge in [-0.25, -0.2) is 0 Å². The molecule has 4 nitrogen and oxygen atoms in total. The molecule has 2 unspecified atom stereocenters. The number of hydrogen-bond acceptors (Lipinski definition) is 4. The van der Waals surface area contributed by atoms with Crippen molar-refractivity contribution in [2.75, 3.05) is 67.0 Å². The molecule has 0 amide bonds. The van der Waals surface area contributed by atoms with E-state index in [0.717, 1.165) is 12.5 Å². The number of likely N-dealkylation sites (N-methyl/N-ethyl adjacent to an activating group) is 2. The molecule has 1 N–H and O–H groups in total. The molecule has 100 valence electrons. The summed E-state index contributed by atoms with van der Waals surface area (Å²) in [5.74, 6) is 0.842. The Balaban J connectivity index is 1.83. The molecule has 2 rings (SSSR count). The summed E-state index contributed by atoms with van der Waals surface area (Å²) in [6, 6.07) is 0.711. The molecule has 2 fully saturated rings. The minimum absolute atomic E-state index is 0.711. The van der Waals surface area contributed by atoms with Crippen LogP contribution in [0.25, 0.3) is 0 Å². The number of nitrogens with zero attached hydrogens (tertiary/aromatic N) is 3. The van der Waals surface area contributed by atoms with Gasteiger partial charge in [0, 0.05) is 45.3 Å². The first-order valence-corrected chi connectivity index (χ1v) is 6.95. The summed E-state index contributed by atoms with van der Waals surface area (Å²) in [6.45, 7) is 8.61. The zero-order chi connectivity index (χ0) is 12.3. The molecular formula is C13H28N4. The molecule has 0 aromatic heterocycles. The van der Waals surface area contributed by atoms with Gasteiger partial charge >= 0.3 is 0 Å². The summed E-state index contributed by atoms with van der Waals surface area (Å²) in [6.07, 6.45) is 1.33. The Kier molecular flexibility index (Phi) is 4.79. The van der Waals surface area contributed by atoms with Gasteiger partial charge in [-0.2, -0.15) is 0 Å². The van der Waals surface area contributed by atoms with Crippen LogP contribution < -0.4 is 5.32 Å². The fourth-order valence-electron chi connectivity index (χ4n) is 3.08. The minimum atomic E-state index is 0.711. The third kappa shape index (κ3) is 3.65. The third-order valence-corrected chi connectivity index (χ3v) is 4.34. The lowest BCUT2D eigenvalue weighted by molar-refractivity contribution is 0.0897. The van der Waals surface area contributed by atoms with Gasteiger partial charge in [-0.1, -0.05) is 0 Å². The SMILES string of the molecule is CN1CCN(CC2CCNCC2N(C)C)CC1. The Bertz CT molecular complexity index is 223. The molecule has 0 spiro atoms. The standard InChI is InChI=1S/C13H28N4/c1-15(2)13-10-14-5-4-12(13)11-17-8-6-16(3)7-9-17/h12-14H,4-11H2,1-3H3. The molecule has 2 atom stereocenters. The lowest BCUT2D eigenvalue weighted by atomic mass is 9.91. The van der Waals surface area contributed by atoms with E-state index in [1.807, 2.05) is 0 Å². The van der Waals surface area contributed by atoms with Crippen LogP contribution in [-0.4, -0.2) is 87.7 Å². The summed E-state index contributed by atoms with van der Waals surface area (Å²) in [7, 11) is 6.66. The molecule has 2 saturated heterocycles. The molecule has 2 aliphatic heterocycles. The van der Waals surface area contributed by atoms with Crippen LogP contribution in [0.5, 0.6) is 0 Å². The average Bonchev–Trinajstić information content (AvgIpc) is 2.32. The summed E-state index contributed by atoms with van der Waals surface area (Å²) in [5.41, 5.74) is 0. The van der Waals surface area contributed by atoms with Gasteiger partial charge in [-0.3, -0.25) is 0 Å². The molecular weight excluding hydrogens is 212 g/mol. The van der Waals surface area contributed by atoms with Crippen molar-refractivity contribution in [1.82, 2.24) is 20.0 Å². The van der Waals surface area contributed by atoms with Gasteiger partial charge in [0.25, 0.3) is 0 Å². The van der Waals surface area contributed by atoms with E-state index in [1.165, 1.54) is 45.7 Å². The highest BCUT2D eigenvalue weighted by molar-refractivity contribution is 4.86. The average molecular weight is 240 g/mol. The van der Waals surface area contributed by atoms with E-state index >= 15 is 0 Å². The van der Waals surface area contributed by atoms with Crippen molar-refractivity contribution in [2.45, 2.75) is 12.5 Å². The lowest BCUT2D eigenvalue weighted by Crippen LogP contribution is -2.54. The number of piperazine rings is 1. The van der Waals surface area contributed by atoms with Gasteiger partial charge < -0.3 is 20.0 Å². The van der Waals surface area contributed by atoms with Crippen LogP contribution in [0.1, 0.15) is 6.42 Å². The maximum atomic E-state index is 3.52. The predicted molar refractivity (Wildman–Crippen MR) is 72.4 cm³/mol. The fraction of sp³-hybridized carbons (Fsp3) is 1.00. The second-order valence-electron chi connectivity index (χ2n) is 5.89. The van der Waals surface area contributed by atoms with Crippen molar-refractivity contribution >= 4 is 0 Å². The molecule has 0 aliphatic carbocycles. The molecule has 2 heterocycles. The van der Waals surface area contributed by atoms with Crippen molar-refractivity contribution in [1.29, 1.82) is 0 Å². The zero-order valence-electron chi connectivity index (χ0n) is 11.7. The number of nitrogens with one attached hydrogen (secondary N) is 1. The second kappa shape index (κ2) is 6.14. The Morgan fingerprint density at radius 1 is 1.18 bits per heavy atom. The molecule has 2 aliphatic rings. The fourth-order valence-corrected chi connectivity index (χ4v) is 3.08. The maximum Gasteiger partial charge on any atom is 0.0255 e. The van der Waals surface area contributed by atoms with Crippen LogP contribution >= 0.6 is 0 Å². The molecule has 0 aromatic rings. The summed E-state index contributed by atoms with van der Waals surface area (Å²) >= 11 is 0. The zero-order valence-corrected chi connectivity index (χ0v) is 11.7. The van der Waals surface area contributed by atoms with Gasteiger partial charge in [0.2, 0.25) is 0 Å². The minimum Gasteiger partial charge on any atom is -0.315 e. The molecule has 0 bridgehead atoms. The largest absolute Gasteiger partial charge is 0.315 e. The van der Waals surface area contributed by atoms with Crippen molar-refractivity contribution in [3.8, 4) is 0 Å². The number of hydrogen-bond donors (Lipinski definition) is 1. The smallest absolute Gasteiger partial charge is 0.0255 e. The van der Waals surface area contributed by atoms with Gasteiger partial charge in [0.1, 0.15) is 0 Å². The van der Waals surface area contributed by atoms with Gasteiger partial charge in [0.05, 0.1) is 0 Å². The van der Waals surface area contributed by atoms with E-state index in [-0.39, 0.29) is 0 Å². The van der Waals surface area contributed by atoms with Crippen LogP contribution in [0.15, 0.2) is 0 Å². The molecule has 0 saturated carbocycles. The normalized spacial score (nSPS) is 33.2. The van der Waals surface area contributed by atoms with E-state index in [4.69, 9.17) is 0 Å². The van der Waals surface area contributed by atoms with E-state index in [1.54, 1.807) is 0 Å². The van der Waals surface area contributed by atoms with Crippen LogP contribution in [-0.2, 0) is 0 Å². The van der Waals surface area contributed by atoms with Crippen LogP contribution in [0.4, 0.5) is 0 Å². The van der Waals surface area contributed by atoms with Gasteiger partial charge in [-0.05, 0) is 40.0 Å². The first-order chi connectivity index (χ1) is 8.16. The second-order valence-corrected chi connectivity index (χ2v) is 5.89. The number of rotatable bonds is 3. The monoisotopic (exact) mass is 240 g/mol. The van der Waals surface area contributed by atoms with Crippen LogP contribution in [0.3, 0.4) is 0 Å². The van der Waals surface area contributed by atoms with E-state index in [9.17, 15) is 0 Å². The Hall–Kier alpha value is -0.160. The first-order valence-electron chi connectivity index (χ1n) is 6.95. The summed E-state index contributed by atoms with van der Waals surface area (Å²) < 4.78 is 0. The van der Waals surface area contributed by atoms with Crippen LogP contribution in [0, 0.1) is 5.92 Å². The Morgan fingerprint density at radius 3 is 2.53 bits per heavy atom. The third-order valence-electron chi connectivity index (χ3n) is 4.34. The van der Waals surface area contributed by atoms with E-state index in [2.05, 4.69) is 41.2 Å². The Labute approximate surface area is 106 Å². The topological polar surface area (TPSA) is 21.8 Å². The molecule has 0 aromatic carbocycles. The summed E-state index contributed by atoms with van der Waals surface area (Å²) in [4.78, 5) is 7.49. The van der Waals surface area contributed by atoms with E-state index < -0.39 is 0 Å². The van der Waals surface area contributed by atoms with E-state index in [0.29, 0.717) is 6.04 Å². The molecule has 4 heteroatoms. The van der Waals surface area contributed by atoms with Gasteiger partial charge in [0.15, 0.2) is 0 Å². The van der Waals surface area contributed by atoms with Crippen molar-refractivity contribution in [3.63, 3.8) is 0 Å². The quantitative estimate of drug-likeness (QED) is 0.736. The molecule has 0 radical (unpaired) electrons. The number of piperidine rings is 1. The predicted octanol–water partition coefficient (Wildman–Crippen LogP) is -0.226. The highest BCUT2D eigenvalue weighted by atomic mass is 15.3. The maximum absolute atomic E-state index is 3.52. The van der Waals surface area contributed by atoms with Crippen molar-refractivity contribution < 1.29 is 0 Å². The molecule has 17 heavy (non-hydrogen) atoms. The first kappa shape index (κ1) is 13.3. The lowest BCUT2D eigenvalue weighted by Gasteiger charge is -2.41.